The minimum Gasteiger partial charge on any atom is -0.352 e. The molecular weight excluding hydrogens is 405 g/mol. The van der Waals surface area contributed by atoms with Gasteiger partial charge in [0.15, 0.2) is 5.96 Å². The SMILES string of the molecule is CN=C(NCC(=O)NC(C)(C)C)NC1CN(C(C)C)CC1C.I. The maximum absolute atomic E-state index is 11.9. The lowest BCUT2D eigenvalue weighted by atomic mass is 10.1. The van der Waals surface area contributed by atoms with E-state index in [1.165, 1.54) is 0 Å². The maximum atomic E-state index is 11.9. The zero-order valence-corrected chi connectivity index (χ0v) is 17.9. The van der Waals surface area contributed by atoms with Gasteiger partial charge >= 0.3 is 0 Å². The number of likely N-dealkylation sites (tertiary alicyclic amines) is 1. The van der Waals surface area contributed by atoms with Crippen molar-refractivity contribution in [2.24, 2.45) is 10.9 Å². The third kappa shape index (κ3) is 8.19. The van der Waals surface area contributed by atoms with Crippen molar-refractivity contribution in [1.29, 1.82) is 0 Å². The Hall–Kier alpha value is -0.570. The Kier molecular flexibility index (Phi) is 9.42. The van der Waals surface area contributed by atoms with Gasteiger partial charge in [-0.25, -0.2) is 0 Å². The number of aliphatic imine (C=N–C) groups is 1. The summed E-state index contributed by atoms with van der Waals surface area (Å²) in [5, 5.41) is 9.46. The molecule has 0 aromatic carbocycles. The van der Waals surface area contributed by atoms with E-state index in [-0.39, 0.29) is 42.0 Å². The molecule has 0 aromatic heterocycles. The van der Waals surface area contributed by atoms with Gasteiger partial charge in [0.2, 0.25) is 5.91 Å². The van der Waals surface area contributed by atoms with Crippen molar-refractivity contribution in [3.8, 4) is 0 Å². The Morgan fingerprint density at radius 2 is 1.91 bits per heavy atom. The number of nitrogens with zero attached hydrogens (tertiary/aromatic N) is 2. The summed E-state index contributed by atoms with van der Waals surface area (Å²) in [4.78, 5) is 18.5. The molecule has 1 heterocycles. The molecule has 1 aliphatic rings. The number of hydrogen-bond donors (Lipinski definition) is 3. The van der Waals surface area contributed by atoms with E-state index in [1.54, 1.807) is 7.05 Å². The van der Waals surface area contributed by atoms with E-state index >= 15 is 0 Å². The number of carbonyl (C=O) groups excluding carboxylic acids is 1. The molecule has 3 N–H and O–H groups in total. The number of amides is 1. The van der Waals surface area contributed by atoms with Gasteiger partial charge in [-0.3, -0.25) is 14.7 Å². The number of guanidine groups is 1. The molecule has 0 radical (unpaired) electrons. The van der Waals surface area contributed by atoms with Gasteiger partial charge in [0, 0.05) is 37.8 Å². The van der Waals surface area contributed by atoms with Crippen LogP contribution in [0, 0.1) is 5.92 Å². The second kappa shape index (κ2) is 9.66. The predicted molar refractivity (Wildman–Crippen MR) is 107 cm³/mol. The van der Waals surface area contributed by atoms with Gasteiger partial charge in [-0.1, -0.05) is 6.92 Å². The van der Waals surface area contributed by atoms with Gasteiger partial charge in [-0.05, 0) is 40.5 Å². The molecular formula is C16H34IN5O. The summed E-state index contributed by atoms with van der Waals surface area (Å²) < 4.78 is 0. The summed E-state index contributed by atoms with van der Waals surface area (Å²) in [6.07, 6.45) is 0. The van der Waals surface area contributed by atoms with Crippen LogP contribution in [0.1, 0.15) is 41.5 Å². The smallest absolute Gasteiger partial charge is 0.239 e. The van der Waals surface area contributed by atoms with Crippen molar-refractivity contribution < 1.29 is 4.79 Å². The lowest BCUT2D eigenvalue weighted by Crippen LogP contribution is -2.51. The molecule has 6 nitrogen and oxygen atoms in total. The number of hydrogen-bond acceptors (Lipinski definition) is 3. The van der Waals surface area contributed by atoms with E-state index in [1.807, 2.05) is 20.8 Å². The highest BCUT2D eigenvalue weighted by atomic mass is 127. The lowest BCUT2D eigenvalue weighted by Gasteiger charge is -2.23. The van der Waals surface area contributed by atoms with Crippen LogP contribution in [-0.4, -0.2) is 61.1 Å². The molecule has 23 heavy (non-hydrogen) atoms. The van der Waals surface area contributed by atoms with Crippen LogP contribution >= 0.6 is 24.0 Å². The van der Waals surface area contributed by atoms with Crippen molar-refractivity contribution in [2.75, 3.05) is 26.7 Å². The maximum Gasteiger partial charge on any atom is 0.239 e. The molecule has 0 spiro atoms. The average Bonchev–Trinajstić information content (AvgIpc) is 2.74. The first-order valence-corrected chi connectivity index (χ1v) is 8.14. The molecule has 0 aliphatic carbocycles. The topological polar surface area (TPSA) is 68.8 Å². The second-order valence-electron chi connectivity index (χ2n) is 7.50. The molecule has 7 heteroatoms. The average molecular weight is 439 g/mol. The van der Waals surface area contributed by atoms with Crippen LogP contribution in [0.15, 0.2) is 4.99 Å². The van der Waals surface area contributed by atoms with Gasteiger partial charge < -0.3 is 16.0 Å². The lowest BCUT2D eigenvalue weighted by molar-refractivity contribution is -0.121. The third-order valence-electron chi connectivity index (χ3n) is 3.85. The highest BCUT2D eigenvalue weighted by Crippen LogP contribution is 2.18. The van der Waals surface area contributed by atoms with Crippen LogP contribution in [0.3, 0.4) is 0 Å². The van der Waals surface area contributed by atoms with Crippen LogP contribution in [0.4, 0.5) is 0 Å². The van der Waals surface area contributed by atoms with E-state index in [0.29, 0.717) is 24.0 Å². The molecule has 0 aromatic rings. The van der Waals surface area contributed by atoms with Gasteiger partial charge in [0.05, 0.1) is 6.54 Å². The van der Waals surface area contributed by atoms with Gasteiger partial charge in [0.25, 0.3) is 0 Å². The molecule has 1 rings (SSSR count). The number of carbonyl (C=O) groups is 1. The van der Waals surface area contributed by atoms with Crippen LogP contribution in [-0.2, 0) is 4.79 Å². The highest BCUT2D eigenvalue weighted by Gasteiger charge is 2.31. The minimum atomic E-state index is -0.215. The monoisotopic (exact) mass is 439 g/mol. The van der Waals surface area contributed by atoms with E-state index in [9.17, 15) is 4.79 Å². The van der Waals surface area contributed by atoms with Gasteiger partial charge in [-0.2, -0.15) is 0 Å². The molecule has 0 bridgehead atoms. The summed E-state index contributed by atoms with van der Waals surface area (Å²) in [5.41, 5.74) is -0.215. The first-order valence-electron chi connectivity index (χ1n) is 8.14. The Labute approximate surface area is 158 Å². The Bertz CT molecular complexity index is 406. The van der Waals surface area contributed by atoms with Crippen LogP contribution in [0.2, 0.25) is 0 Å². The van der Waals surface area contributed by atoms with Gasteiger partial charge in [-0.15, -0.1) is 24.0 Å². The summed E-state index contributed by atoms with van der Waals surface area (Å²) in [6.45, 7) is 14.9. The van der Waals surface area contributed by atoms with Crippen LogP contribution in [0.25, 0.3) is 0 Å². The van der Waals surface area contributed by atoms with Crippen molar-refractivity contribution >= 4 is 35.8 Å². The van der Waals surface area contributed by atoms with Crippen molar-refractivity contribution in [3.05, 3.63) is 0 Å². The molecule has 136 valence electrons. The fraction of sp³-hybridized carbons (Fsp3) is 0.875. The normalized spacial score (nSPS) is 22.7. The summed E-state index contributed by atoms with van der Waals surface area (Å²) >= 11 is 0. The standard InChI is InChI=1S/C16H33N5O.HI/c1-11(2)21-9-12(3)13(10-21)19-15(17-7)18-8-14(22)20-16(4,5)6;/h11-13H,8-10H2,1-7H3,(H,20,22)(H2,17,18,19);1H. The summed E-state index contributed by atoms with van der Waals surface area (Å²) in [7, 11) is 1.73. The number of nitrogens with one attached hydrogen (secondary N) is 3. The number of halogens is 1. The molecule has 1 amide bonds. The first kappa shape index (κ1) is 22.4. The zero-order valence-electron chi connectivity index (χ0n) is 15.6. The largest absolute Gasteiger partial charge is 0.352 e. The quantitative estimate of drug-likeness (QED) is 0.352. The molecule has 1 fully saturated rings. The van der Waals surface area contributed by atoms with Crippen molar-refractivity contribution in [2.45, 2.75) is 59.2 Å². The van der Waals surface area contributed by atoms with E-state index < -0.39 is 0 Å². The summed E-state index contributed by atoms with van der Waals surface area (Å²) in [5.74, 6) is 1.22. The van der Waals surface area contributed by atoms with Crippen molar-refractivity contribution in [3.63, 3.8) is 0 Å². The molecule has 2 unspecified atom stereocenters. The summed E-state index contributed by atoms with van der Waals surface area (Å²) in [6, 6.07) is 0.918. The van der Waals surface area contributed by atoms with Crippen LogP contribution in [0.5, 0.6) is 0 Å². The van der Waals surface area contributed by atoms with E-state index in [2.05, 4.69) is 46.6 Å². The first-order chi connectivity index (χ1) is 10.1. The fourth-order valence-electron chi connectivity index (χ4n) is 2.61. The van der Waals surface area contributed by atoms with Crippen LogP contribution < -0.4 is 16.0 Å². The Morgan fingerprint density at radius 1 is 1.30 bits per heavy atom. The second-order valence-corrected chi connectivity index (χ2v) is 7.50. The number of rotatable bonds is 4. The van der Waals surface area contributed by atoms with E-state index in [0.717, 1.165) is 13.1 Å². The molecule has 1 aliphatic heterocycles. The molecule has 2 atom stereocenters. The van der Waals surface area contributed by atoms with Gasteiger partial charge in [0.1, 0.15) is 0 Å². The zero-order chi connectivity index (χ0) is 16.9. The molecule has 1 saturated heterocycles. The Balaban J connectivity index is 0.00000484. The minimum absolute atomic E-state index is 0. The highest BCUT2D eigenvalue weighted by molar-refractivity contribution is 14.0. The van der Waals surface area contributed by atoms with E-state index in [4.69, 9.17) is 0 Å². The molecule has 0 saturated carbocycles. The fourth-order valence-corrected chi connectivity index (χ4v) is 2.61. The predicted octanol–water partition coefficient (Wildman–Crippen LogP) is 1.41. The van der Waals surface area contributed by atoms with Crippen molar-refractivity contribution in [1.82, 2.24) is 20.9 Å². The third-order valence-corrected chi connectivity index (χ3v) is 3.85. The Morgan fingerprint density at radius 3 is 2.35 bits per heavy atom.